The second kappa shape index (κ2) is 7.38. The average molecular weight is 548 g/mol. The van der Waals surface area contributed by atoms with Crippen LogP contribution in [-0.2, 0) is 19.1 Å². The van der Waals surface area contributed by atoms with Crippen LogP contribution >= 0.6 is 31.9 Å². The van der Waals surface area contributed by atoms with Crippen molar-refractivity contribution in [2.24, 2.45) is 28.6 Å². The Labute approximate surface area is 195 Å². The highest BCUT2D eigenvalue weighted by atomic mass is 79.9. The number of fused-ring (bicyclic) bond motifs is 5. The highest BCUT2D eigenvalue weighted by molar-refractivity contribution is 9.10. The minimum atomic E-state index is -1.43. The summed E-state index contributed by atoms with van der Waals surface area (Å²) in [4.78, 5) is 38.0. The number of ether oxygens (including phenoxy) is 1. The normalized spacial score (nSPS) is 50.3. The van der Waals surface area contributed by atoms with Gasteiger partial charge in [0, 0.05) is 18.8 Å². The molecule has 0 aromatic carbocycles. The van der Waals surface area contributed by atoms with E-state index in [1.807, 2.05) is 6.92 Å². The van der Waals surface area contributed by atoms with Crippen molar-refractivity contribution in [1.82, 2.24) is 0 Å². The fourth-order valence-electron chi connectivity index (χ4n) is 7.85. The number of alkyl halides is 2. The molecule has 0 radical (unpaired) electrons. The molecule has 5 nitrogen and oxygen atoms in total. The Morgan fingerprint density at radius 2 is 1.80 bits per heavy atom. The Morgan fingerprint density at radius 3 is 2.43 bits per heavy atom. The Kier molecular flexibility index (Phi) is 5.63. The lowest BCUT2D eigenvalue weighted by Gasteiger charge is -2.64. The van der Waals surface area contributed by atoms with Gasteiger partial charge in [-0.2, -0.15) is 0 Å². The zero-order valence-electron chi connectivity index (χ0n) is 18.0. The Hall–Kier alpha value is -0.270. The number of esters is 1. The molecule has 4 aliphatic rings. The summed E-state index contributed by atoms with van der Waals surface area (Å²) in [6, 6.07) is 0. The quantitative estimate of drug-likeness (QED) is 0.419. The number of ketones is 2. The molecule has 0 aromatic heterocycles. The van der Waals surface area contributed by atoms with Gasteiger partial charge in [-0.25, -0.2) is 0 Å². The van der Waals surface area contributed by atoms with Crippen LogP contribution in [0.2, 0.25) is 0 Å². The monoisotopic (exact) mass is 546 g/mol. The van der Waals surface area contributed by atoms with Crippen LogP contribution in [0.4, 0.5) is 0 Å². The Bertz CT molecular complexity index is 786. The first-order chi connectivity index (χ1) is 13.9. The Balaban J connectivity index is 1.68. The van der Waals surface area contributed by atoms with E-state index in [-0.39, 0.29) is 52.6 Å². The molecule has 168 valence electrons. The van der Waals surface area contributed by atoms with Crippen molar-refractivity contribution < 1.29 is 24.2 Å². The molecular weight excluding hydrogens is 516 g/mol. The molecule has 8 atom stereocenters. The van der Waals surface area contributed by atoms with Gasteiger partial charge in [-0.3, -0.25) is 14.4 Å². The van der Waals surface area contributed by atoms with Crippen molar-refractivity contribution in [3.8, 4) is 0 Å². The molecule has 0 aromatic rings. The fraction of sp³-hybridized carbons (Fsp3) is 0.870. The lowest BCUT2D eigenvalue weighted by molar-refractivity contribution is -0.174. The first kappa shape index (κ1) is 22.9. The topological polar surface area (TPSA) is 80.7 Å². The van der Waals surface area contributed by atoms with Crippen LogP contribution in [0.5, 0.6) is 0 Å². The van der Waals surface area contributed by atoms with E-state index in [9.17, 15) is 19.5 Å². The summed E-state index contributed by atoms with van der Waals surface area (Å²) in [6.45, 7) is 5.65. The van der Waals surface area contributed by atoms with Gasteiger partial charge in [0.05, 0.1) is 9.65 Å². The van der Waals surface area contributed by atoms with Crippen LogP contribution in [0.25, 0.3) is 0 Å². The van der Waals surface area contributed by atoms with Gasteiger partial charge in [0.15, 0.2) is 11.6 Å². The molecule has 4 saturated carbocycles. The third kappa shape index (κ3) is 2.83. The molecule has 30 heavy (non-hydrogen) atoms. The minimum Gasteiger partial charge on any atom is -0.463 e. The van der Waals surface area contributed by atoms with Gasteiger partial charge in [-0.15, -0.1) is 0 Å². The van der Waals surface area contributed by atoms with Crippen LogP contribution < -0.4 is 0 Å². The van der Waals surface area contributed by atoms with E-state index in [1.165, 1.54) is 6.92 Å². The first-order valence-electron chi connectivity index (χ1n) is 11.1. The molecule has 0 heterocycles. The van der Waals surface area contributed by atoms with E-state index in [0.29, 0.717) is 12.3 Å². The summed E-state index contributed by atoms with van der Waals surface area (Å²) in [6.07, 6.45) is 5.64. The molecule has 0 spiro atoms. The smallest absolute Gasteiger partial charge is 0.302 e. The molecule has 0 saturated heterocycles. The predicted molar refractivity (Wildman–Crippen MR) is 120 cm³/mol. The molecule has 4 fully saturated rings. The van der Waals surface area contributed by atoms with Crippen LogP contribution in [0.15, 0.2) is 0 Å². The molecular formula is C23H32Br2O5. The van der Waals surface area contributed by atoms with Crippen molar-refractivity contribution >= 4 is 49.4 Å². The number of aliphatic hydroxyl groups is 1. The van der Waals surface area contributed by atoms with Gasteiger partial charge in [-0.1, -0.05) is 45.7 Å². The van der Waals surface area contributed by atoms with Crippen molar-refractivity contribution in [3.63, 3.8) is 0 Å². The largest absolute Gasteiger partial charge is 0.463 e. The van der Waals surface area contributed by atoms with E-state index in [0.717, 1.165) is 38.5 Å². The minimum absolute atomic E-state index is 0.0645. The van der Waals surface area contributed by atoms with E-state index in [2.05, 4.69) is 38.8 Å². The highest BCUT2D eigenvalue weighted by Gasteiger charge is 2.73. The van der Waals surface area contributed by atoms with Crippen molar-refractivity contribution in [1.29, 1.82) is 0 Å². The summed E-state index contributed by atoms with van der Waals surface area (Å²) >= 11 is 7.26. The number of Topliss-reactive ketones (excluding diaryl/α,β-unsaturated/α-hetero) is 2. The standard InChI is InChI=1S/C23H32Br2O5/c1-13(26)30-15-6-8-20(2)14(10-15)4-5-17-16-7-9-22(29,19(28)12-24)21(16,3)11-18(27)23(17,20)25/h14-17,29H,4-12H2,1-3H3/t14-,15+,16-,17+,20+,21-,22-,23-/m0/s1. The van der Waals surface area contributed by atoms with E-state index >= 15 is 0 Å². The lowest BCUT2D eigenvalue weighted by Crippen LogP contribution is -2.69. The van der Waals surface area contributed by atoms with Gasteiger partial charge >= 0.3 is 5.97 Å². The van der Waals surface area contributed by atoms with Crippen LogP contribution in [0.3, 0.4) is 0 Å². The van der Waals surface area contributed by atoms with E-state index in [4.69, 9.17) is 4.74 Å². The molecule has 7 heteroatoms. The molecule has 4 rings (SSSR count). The summed E-state index contributed by atoms with van der Waals surface area (Å²) in [5, 5.41) is 11.5. The van der Waals surface area contributed by atoms with Gasteiger partial charge < -0.3 is 9.84 Å². The molecule has 0 bridgehead atoms. The Morgan fingerprint density at radius 1 is 1.10 bits per heavy atom. The fourth-order valence-corrected chi connectivity index (χ4v) is 9.53. The van der Waals surface area contributed by atoms with Crippen LogP contribution in [0.1, 0.15) is 72.1 Å². The van der Waals surface area contributed by atoms with Gasteiger partial charge in [-0.05, 0) is 68.1 Å². The van der Waals surface area contributed by atoms with Crippen LogP contribution in [-0.4, -0.2) is 44.0 Å². The van der Waals surface area contributed by atoms with E-state index < -0.39 is 15.3 Å². The summed E-state index contributed by atoms with van der Waals surface area (Å²) in [5.74, 6) is 0.233. The SMILES string of the molecule is CC(=O)O[C@@H]1CC[C@]2(C)[C@@H](CC[C@@H]3[C@@H]4CC[C@](O)(C(=O)CBr)[C@@]4(C)CC(=O)[C@@]32Br)C1. The average Bonchev–Trinajstić information content (AvgIpc) is 2.94. The third-order valence-electron chi connectivity index (χ3n) is 9.52. The zero-order chi connectivity index (χ0) is 22.1. The number of carbonyl (C=O) groups is 3. The molecule has 1 N–H and O–H groups in total. The summed E-state index contributed by atoms with van der Waals surface area (Å²) < 4.78 is 4.88. The maximum absolute atomic E-state index is 13.8. The highest BCUT2D eigenvalue weighted by Crippen LogP contribution is 2.71. The van der Waals surface area contributed by atoms with E-state index in [1.54, 1.807) is 0 Å². The summed E-state index contributed by atoms with van der Waals surface area (Å²) in [7, 11) is 0. The maximum Gasteiger partial charge on any atom is 0.302 e. The zero-order valence-corrected chi connectivity index (χ0v) is 21.2. The lowest BCUT2D eigenvalue weighted by atomic mass is 9.43. The number of carbonyl (C=O) groups excluding carboxylic acids is 3. The van der Waals surface area contributed by atoms with Crippen LogP contribution in [0, 0.1) is 28.6 Å². The van der Waals surface area contributed by atoms with Gasteiger partial charge in [0.25, 0.3) is 0 Å². The van der Waals surface area contributed by atoms with Gasteiger partial charge in [0.1, 0.15) is 11.7 Å². The summed E-state index contributed by atoms with van der Waals surface area (Å²) in [5.41, 5.74) is -2.37. The number of hydrogen-bond donors (Lipinski definition) is 1. The molecule has 4 aliphatic carbocycles. The van der Waals surface area contributed by atoms with Gasteiger partial charge in [0.2, 0.25) is 0 Å². The number of hydrogen-bond acceptors (Lipinski definition) is 5. The molecule has 0 unspecified atom stereocenters. The maximum atomic E-state index is 13.8. The first-order valence-corrected chi connectivity index (χ1v) is 13.1. The molecule has 0 amide bonds. The number of rotatable bonds is 3. The van der Waals surface area contributed by atoms with Crippen molar-refractivity contribution in [3.05, 3.63) is 0 Å². The van der Waals surface area contributed by atoms with Crippen molar-refractivity contribution in [2.45, 2.75) is 88.2 Å². The second-order valence-corrected chi connectivity index (χ2v) is 12.4. The second-order valence-electron chi connectivity index (χ2n) is 10.6. The number of halogens is 2. The van der Waals surface area contributed by atoms with Crippen molar-refractivity contribution in [2.75, 3.05) is 5.33 Å². The third-order valence-corrected chi connectivity index (χ3v) is 12.0. The predicted octanol–water partition coefficient (Wildman–Crippen LogP) is 4.35. The molecule has 0 aliphatic heterocycles.